The Hall–Kier alpha value is -2.24. The van der Waals surface area contributed by atoms with E-state index in [1.807, 2.05) is 6.07 Å². The molecule has 124 valence electrons. The minimum absolute atomic E-state index is 0.208. The summed E-state index contributed by atoms with van der Waals surface area (Å²) in [4.78, 5) is 10.5. The summed E-state index contributed by atoms with van der Waals surface area (Å²) >= 11 is 0.274. The smallest absolute Gasteiger partial charge is 0.262 e. The van der Waals surface area contributed by atoms with Crippen LogP contribution in [-0.4, -0.2) is 28.1 Å². The van der Waals surface area contributed by atoms with Crippen molar-refractivity contribution in [3.05, 3.63) is 71.3 Å². The number of fused-ring (bicyclic) bond motifs is 2. The minimum atomic E-state index is -0.208. The summed E-state index contributed by atoms with van der Waals surface area (Å²) in [6, 6.07) is 10.3. The van der Waals surface area contributed by atoms with Crippen LogP contribution in [0.15, 0.2) is 65.8 Å². The molecule has 3 aliphatic rings. The van der Waals surface area contributed by atoms with Crippen LogP contribution in [0.4, 0.5) is 0 Å². The molecule has 1 aromatic rings. The molecule has 0 atom stereocenters. The number of nitrogens with one attached hydrogen (secondary N) is 1. The van der Waals surface area contributed by atoms with E-state index in [0.717, 1.165) is 19.6 Å². The Morgan fingerprint density at radius 1 is 1.12 bits per heavy atom. The lowest BCUT2D eigenvalue weighted by atomic mass is 9.99. The first-order valence-electron chi connectivity index (χ1n) is 7.93. The highest BCUT2D eigenvalue weighted by Crippen LogP contribution is 2.37. The highest BCUT2D eigenvalue weighted by Gasteiger charge is 2.23. The molecule has 0 saturated carbocycles. The molecular formula is C19H19NO3S. The zero-order valence-corrected chi connectivity index (χ0v) is 14.1. The predicted octanol–water partition coefficient (Wildman–Crippen LogP) is 2.15. The van der Waals surface area contributed by atoms with Gasteiger partial charge in [-0.3, -0.25) is 4.79 Å². The van der Waals surface area contributed by atoms with Crippen molar-refractivity contribution in [2.75, 3.05) is 13.2 Å². The summed E-state index contributed by atoms with van der Waals surface area (Å²) in [5.74, 6) is 0.394. The molecule has 4 nitrogen and oxygen atoms in total. The van der Waals surface area contributed by atoms with E-state index in [9.17, 15) is 9.00 Å². The normalized spacial score (nSPS) is 17.5. The molecule has 0 unspecified atom stereocenters. The van der Waals surface area contributed by atoms with E-state index in [1.165, 1.54) is 16.7 Å². The van der Waals surface area contributed by atoms with Crippen molar-refractivity contribution in [1.82, 2.24) is 5.32 Å². The fraction of sp³-hybridized carbons (Fsp3) is 0.263. The lowest BCUT2D eigenvalue weighted by Gasteiger charge is -2.11. The Labute approximate surface area is 145 Å². The van der Waals surface area contributed by atoms with Crippen LogP contribution < -0.4 is 5.32 Å². The van der Waals surface area contributed by atoms with Crippen LogP contribution in [-0.2, 0) is 27.4 Å². The van der Waals surface area contributed by atoms with Gasteiger partial charge in [0, 0.05) is 12.5 Å². The summed E-state index contributed by atoms with van der Waals surface area (Å²) in [6.45, 7) is 2.02. The summed E-state index contributed by atoms with van der Waals surface area (Å²) in [7, 11) is 0. The Morgan fingerprint density at radius 3 is 2.29 bits per heavy atom. The van der Waals surface area contributed by atoms with Gasteiger partial charge in [0.05, 0.1) is 24.4 Å². The molecule has 1 heterocycles. The molecule has 1 aromatic carbocycles. The van der Waals surface area contributed by atoms with E-state index in [1.54, 1.807) is 0 Å². The summed E-state index contributed by atoms with van der Waals surface area (Å²) < 4.78 is 15.5. The van der Waals surface area contributed by atoms with Crippen molar-refractivity contribution >= 4 is 22.0 Å². The molecule has 2 aliphatic carbocycles. The van der Waals surface area contributed by atoms with E-state index in [-0.39, 0.29) is 17.2 Å². The van der Waals surface area contributed by atoms with Crippen molar-refractivity contribution in [2.45, 2.75) is 13.0 Å². The SMILES string of the molecule is C1=CC2=CC=C1C2CCOCc1ccccc1.O=S=C1CNC1=O. The van der Waals surface area contributed by atoms with E-state index < -0.39 is 0 Å². The third kappa shape index (κ3) is 3.99. The molecule has 5 heteroatoms. The summed E-state index contributed by atoms with van der Waals surface area (Å²) in [5.41, 5.74) is 4.14. The second kappa shape index (κ2) is 8.04. The minimum Gasteiger partial charge on any atom is -0.377 e. The van der Waals surface area contributed by atoms with Crippen LogP contribution in [0.5, 0.6) is 0 Å². The molecule has 24 heavy (non-hydrogen) atoms. The van der Waals surface area contributed by atoms with Gasteiger partial charge in [-0.05, 0) is 23.1 Å². The van der Waals surface area contributed by atoms with Crippen molar-refractivity contribution in [3.8, 4) is 0 Å². The summed E-state index contributed by atoms with van der Waals surface area (Å²) in [5, 5.41) is 2.41. The zero-order chi connectivity index (χ0) is 16.8. The van der Waals surface area contributed by atoms with Gasteiger partial charge in [-0.1, -0.05) is 54.6 Å². The maximum absolute atomic E-state index is 10.1. The molecule has 0 aromatic heterocycles. The molecule has 1 amide bonds. The van der Waals surface area contributed by atoms with E-state index in [4.69, 9.17) is 4.74 Å². The van der Waals surface area contributed by atoms with Crippen LogP contribution in [0.3, 0.4) is 0 Å². The van der Waals surface area contributed by atoms with Gasteiger partial charge in [-0.25, -0.2) is 4.21 Å². The number of amides is 1. The first-order valence-corrected chi connectivity index (χ1v) is 8.67. The van der Waals surface area contributed by atoms with Gasteiger partial charge in [0.25, 0.3) is 5.91 Å². The Bertz CT molecular complexity index is 736. The average molecular weight is 341 g/mol. The second-order valence-electron chi connectivity index (χ2n) is 5.74. The number of ether oxygens (including phenoxy) is 1. The van der Waals surface area contributed by atoms with Gasteiger partial charge in [-0.15, -0.1) is 0 Å². The number of β-lactam (4-membered cyclic amide) rings is 1. The van der Waals surface area contributed by atoms with Gasteiger partial charge in [0.15, 0.2) is 0 Å². The topological polar surface area (TPSA) is 55.4 Å². The second-order valence-corrected chi connectivity index (χ2v) is 6.39. The van der Waals surface area contributed by atoms with Crippen LogP contribution in [0.2, 0.25) is 0 Å². The highest BCUT2D eigenvalue weighted by molar-refractivity contribution is 7.69. The molecule has 1 aliphatic heterocycles. The molecule has 0 radical (unpaired) electrons. The van der Waals surface area contributed by atoms with Gasteiger partial charge >= 0.3 is 0 Å². The lowest BCUT2D eigenvalue weighted by Crippen LogP contribution is -2.49. The highest BCUT2D eigenvalue weighted by atomic mass is 32.1. The van der Waals surface area contributed by atoms with Crippen molar-refractivity contribution < 1.29 is 13.7 Å². The number of hydrogen-bond acceptors (Lipinski definition) is 3. The van der Waals surface area contributed by atoms with Crippen LogP contribution in [0.1, 0.15) is 12.0 Å². The lowest BCUT2D eigenvalue weighted by molar-refractivity contribution is -0.116. The Balaban J connectivity index is 0.000000203. The van der Waals surface area contributed by atoms with E-state index in [0.29, 0.717) is 17.3 Å². The van der Waals surface area contributed by atoms with Gasteiger partial charge in [0.2, 0.25) is 0 Å². The zero-order valence-electron chi connectivity index (χ0n) is 13.2. The monoisotopic (exact) mass is 341 g/mol. The molecule has 1 saturated heterocycles. The van der Waals surface area contributed by atoms with Crippen molar-refractivity contribution in [2.24, 2.45) is 5.92 Å². The number of allylic oxidation sites excluding steroid dienone is 6. The maximum Gasteiger partial charge on any atom is 0.262 e. The van der Waals surface area contributed by atoms with Gasteiger partial charge in [-0.2, -0.15) is 0 Å². The molecule has 1 N–H and O–H groups in total. The quantitative estimate of drug-likeness (QED) is 0.507. The Morgan fingerprint density at radius 2 is 1.83 bits per heavy atom. The van der Waals surface area contributed by atoms with Gasteiger partial charge < -0.3 is 10.1 Å². The first-order chi connectivity index (χ1) is 11.8. The standard InChI is InChI=1S/C16H16O.C3H3NO2S/c1-2-4-13(5-3-1)12-17-11-10-16-14-6-7-15(16)9-8-14;5-3-2(7-6)1-4-3/h1-9,16H,10-12H2;1H2,(H,4,5). The first kappa shape index (κ1) is 16.6. The fourth-order valence-electron chi connectivity index (χ4n) is 2.75. The number of carbonyl (C=O) groups excluding carboxylic acids is 1. The molecule has 2 bridgehead atoms. The average Bonchev–Trinajstić information content (AvgIpc) is 3.19. The number of carbonyl (C=O) groups is 1. The van der Waals surface area contributed by atoms with E-state index in [2.05, 4.69) is 53.9 Å². The molecule has 0 spiro atoms. The predicted molar refractivity (Wildman–Crippen MR) is 95.7 cm³/mol. The summed E-state index contributed by atoms with van der Waals surface area (Å²) in [6.07, 6.45) is 9.97. The van der Waals surface area contributed by atoms with Crippen LogP contribution in [0, 0.1) is 5.92 Å². The maximum atomic E-state index is 10.1. The van der Waals surface area contributed by atoms with Crippen LogP contribution >= 0.6 is 0 Å². The van der Waals surface area contributed by atoms with Gasteiger partial charge in [0.1, 0.15) is 4.86 Å². The molecule has 1 fully saturated rings. The Kier molecular flexibility index (Phi) is 5.56. The third-order valence-electron chi connectivity index (χ3n) is 4.17. The fourth-order valence-corrected chi connectivity index (χ4v) is 3.03. The number of benzene rings is 1. The molecular weight excluding hydrogens is 322 g/mol. The molecule has 4 rings (SSSR count). The third-order valence-corrected chi connectivity index (χ3v) is 4.70. The number of rotatable bonds is 5. The largest absolute Gasteiger partial charge is 0.377 e. The van der Waals surface area contributed by atoms with Crippen molar-refractivity contribution in [1.29, 1.82) is 0 Å². The van der Waals surface area contributed by atoms with Crippen LogP contribution in [0.25, 0.3) is 0 Å². The number of hydrogen-bond donors (Lipinski definition) is 1. The van der Waals surface area contributed by atoms with Crippen molar-refractivity contribution in [3.63, 3.8) is 0 Å². The van der Waals surface area contributed by atoms with E-state index >= 15 is 0 Å².